The molecule has 5 nitrogen and oxygen atoms in total. The van der Waals surface area contributed by atoms with Crippen LogP contribution >= 0.6 is 0 Å². The Kier molecular flexibility index (Phi) is 3.95. The molecule has 1 N–H and O–H groups in total. The highest BCUT2D eigenvalue weighted by molar-refractivity contribution is 5.69. The molecule has 5 heteroatoms. The van der Waals surface area contributed by atoms with Crippen molar-refractivity contribution in [2.75, 3.05) is 27.3 Å². The molecule has 19 heavy (non-hydrogen) atoms. The lowest BCUT2D eigenvalue weighted by Gasteiger charge is -2.34. The van der Waals surface area contributed by atoms with Crippen LogP contribution in [0, 0.1) is 0 Å². The molecule has 1 atom stereocenters. The van der Waals surface area contributed by atoms with Crippen LogP contribution in [-0.2, 0) is 11.2 Å². The van der Waals surface area contributed by atoms with Crippen molar-refractivity contribution in [1.29, 1.82) is 0 Å². The molecular formula is C14H19NO4. The van der Waals surface area contributed by atoms with E-state index in [0.29, 0.717) is 5.75 Å². The van der Waals surface area contributed by atoms with Crippen LogP contribution in [0.2, 0.25) is 0 Å². The summed E-state index contributed by atoms with van der Waals surface area (Å²) in [7, 11) is 3.22. The number of hydrogen-bond donors (Lipinski definition) is 1. The van der Waals surface area contributed by atoms with Crippen LogP contribution in [0.25, 0.3) is 0 Å². The zero-order valence-electron chi connectivity index (χ0n) is 11.5. The number of methoxy groups -OCH3 is 2. The van der Waals surface area contributed by atoms with E-state index in [-0.39, 0.29) is 12.6 Å². The maximum atomic E-state index is 10.9. The lowest BCUT2D eigenvalue weighted by molar-refractivity contribution is -0.139. The number of rotatable bonds is 4. The Labute approximate surface area is 112 Å². The first-order valence-corrected chi connectivity index (χ1v) is 6.27. The van der Waals surface area contributed by atoms with Gasteiger partial charge in [-0.1, -0.05) is 0 Å². The summed E-state index contributed by atoms with van der Waals surface area (Å²) < 4.78 is 10.6. The Morgan fingerprint density at radius 2 is 2.00 bits per heavy atom. The van der Waals surface area contributed by atoms with Crippen molar-refractivity contribution in [3.63, 3.8) is 0 Å². The van der Waals surface area contributed by atoms with Gasteiger partial charge in [-0.25, -0.2) is 0 Å². The molecular weight excluding hydrogens is 246 g/mol. The summed E-state index contributed by atoms with van der Waals surface area (Å²) in [6.45, 7) is 2.83. The van der Waals surface area contributed by atoms with Gasteiger partial charge in [0.15, 0.2) is 11.5 Å². The molecule has 0 fully saturated rings. The van der Waals surface area contributed by atoms with Crippen molar-refractivity contribution < 1.29 is 19.4 Å². The molecule has 1 aromatic rings. The molecule has 0 saturated carbocycles. The Hall–Kier alpha value is -1.75. The van der Waals surface area contributed by atoms with E-state index < -0.39 is 5.97 Å². The molecule has 1 aliphatic rings. The van der Waals surface area contributed by atoms with Gasteiger partial charge in [0.05, 0.1) is 20.8 Å². The number of ether oxygens (including phenoxy) is 2. The van der Waals surface area contributed by atoms with E-state index in [2.05, 4.69) is 0 Å². The largest absolute Gasteiger partial charge is 0.493 e. The number of benzene rings is 1. The van der Waals surface area contributed by atoms with E-state index in [1.165, 1.54) is 5.56 Å². The van der Waals surface area contributed by atoms with Gasteiger partial charge in [0.2, 0.25) is 0 Å². The molecule has 1 aliphatic heterocycles. The highest BCUT2D eigenvalue weighted by Gasteiger charge is 2.26. The van der Waals surface area contributed by atoms with E-state index in [1.807, 2.05) is 24.0 Å². The predicted molar refractivity (Wildman–Crippen MR) is 70.9 cm³/mol. The lowest BCUT2D eigenvalue weighted by atomic mass is 9.93. The van der Waals surface area contributed by atoms with Crippen LogP contribution in [-0.4, -0.2) is 43.3 Å². The van der Waals surface area contributed by atoms with E-state index >= 15 is 0 Å². The Morgan fingerprint density at radius 1 is 1.37 bits per heavy atom. The molecule has 0 bridgehead atoms. The molecule has 0 unspecified atom stereocenters. The zero-order valence-corrected chi connectivity index (χ0v) is 11.5. The van der Waals surface area contributed by atoms with Gasteiger partial charge in [0.1, 0.15) is 0 Å². The fourth-order valence-electron chi connectivity index (χ4n) is 2.59. The summed E-state index contributed by atoms with van der Waals surface area (Å²) in [6, 6.07) is 4.01. The summed E-state index contributed by atoms with van der Waals surface area (Å²) in [5, 5.41) is 8.93. The second-order valence-corrected chi connectivity index (χ2v) is 4.70. The number of carboxylic acids is 1. The molecule has 1 heterocycles. The number of hydrogen-bond acceptors (Lipinski definition) is 4. The molecule has 0 aromatic heterocycles. The van der Waals surface area contributed by atoms with E-state index in [1.54, 1.807) is 14.2 Å². The highest BCUT2D eigenvalue weighted by Crippen LogP contribution is 2.37. The number of nitrogens with zero attached hydrogens (tertiary/aromatic N) is 1. The molecule has 104 valence electrons. The van der Waals surface area contributed by atoms with Gasteiger partial charge >= 0.3 is 5.97 Å². The smallest absolute Gasteiger partial charge is 0.317 e. The van der Waals surface area contributed by atoms with Crippen molar-refractivity contribution >= 4 is 5.97 Å². The third-order valence-corrected chi connectivity index (χ3v) is 3.65. The van der Waals surface area contributed by atoms with Crippen LogP contribution in [0.15, 0.2) is 12.1 Å². The first kappa shape index (κ1) is 13.7. The summed E-state index contributed by atoms with van der Waals surface area (Å²) in [6.07, 6.45) is 0.827. The van der Waals surface area contributed by atoms with Gasteiger partial charge in [0.25, 0.3) is 0 Å². The number of aliphatic carboxylic acids is 1. The van der Waals surface area contributed by atoms with Crippen molar-refractivity contribution in [3.05, 3.63) is 23.3 Å². The molecule has 0 aliphatic carbocycles. The van der Waals surface area contributed by atoms with Gasteiger partial charge < -0.3 is 14.6 Å². The fraction of sp³-hybridized carbons (Fsp3) is 0.500. The number of carbonyl (C=O) groups is 1. The minimum Gasteiger partial charge on any atom is -0.493 e. The third kappa shape index (κ3) is 2.66. The fourth-order valence-corrected chi connectivity index (χ4v) is 2.59. The SMILES string of the molecule is COc1cc2c(cc1OC)[C@H](C)N(CC(=O)O)CC2. The van der Waals surface area contributed by atoms with Crippen LogP contribution in [0.5, 0.6) is 11.5 Å². The Bertz CT molecular complexity index is 487. The van der Waals surface area contributed by atoms with E-state index in [9.17, 15) is 4.79 Å². The maximum absolute atomic E-state index is 10.9. The molecule has 0 spiro atoms. The monoisotopic (exact) mass is 265 g/mol. The molecule has 1 aromatic carbocycles. The van der Waals surface area contributed by atoms with Crippen LogP contribution in [0.1, 0.15) is 24.1 Å². The topological polar surface area (TPSA) is 59.0 Å². The second-order valence-electron chi connectivity index (χ2n) is 4.70. The van der Waals surface area contributed by atoms with Gasteiger partial charge in [-0.15, -0.1) is 0 Å². The van der Waals surface area contributed by atoms with Gasteiger partial charge in [-0.3, -0.25) is 9.69 Å². The average molecular weight is 265 g/mol. The summed E-state index contributed by atoms with van der Waals surface area (Å²) in [5.41, 5.74) is 2.32. The minimum atomic E-state index is -0.796. The molecule has 0 amide bonds. The molecule has 0 saturated heterocycles. The predicted octanol–water partition coefficient (Wildman–Crippen LogP) is 1.71. The van der Waals surface area contributed by atoms with E-state index in [0.717, 1.165) is 24.3 Å². The van der Waals surface area contributed by atoms with Gasteiger partial charge in [0, 0.05) is 12.6 Å². The van der Waals surface area contributed by atoms with Crippen LogP contribution in [0.3, 0.4) is 0 Å². The number of carboxylic acid groups (broad SMARTS) is 1. The van der Waals surface area contributed by atoms with Crippen molar-refractivity contribution in [2.24, 2.45) is 0 Å². The Morgan fingerprint density at radius 3 is 2.58 bits per heavy atom. The minimum absolute atomic E-state index is 0.0644. The van der Waals surface area contributed by atoms with Crippen molar-refractivity contribution in [1.82, 2.24) is 4.90 Å². The van der Waals surface area contributed by atoms with Crippen LogP contribution in [0.4, 0.5) is 0 Å². The van der Waals surface area contributed by atoms with E-state index in [4.69, 9.17) is 14.6 Å². The zero-order chi connectivity index (χ0) is 14.0. The first-order chi connectivity index (χ1) is 9.06. The van der Waals surface area contributed by atoms with Gasteiger partial charge in [-0.2, -0.15) is 0 Å². The summed E-state index contributed by atoms with van der Waals surface area (Å²) in [5.74, 6) is 0.612. The summed E-state index contributed by atoms with van der Waals surface area (Å²) >= 11 is 0. The highest BCUT2D eigenvalue weighted by atomic mass is 16.5. The van der Waals surface area contributed by atoms with Crippen molar-refractivity contribution in [2.45, 2.75) is 19.4 Å². The second kappa shape index (κ2) is 5.48. The normalized spacial score (nSPS) is 18.8. The lowest BCUT2D eigenvalue weighted by Crippen LogP contribution is -2.37. The third-order valence-electron chi connectivity index (χ3n) is 3.65. The first-order valence-electron chi connectivity index (χ1n) is 6.27. The standard InChI is InChI=1S/C14H19NO4/c1-9-11-7-13(19-3)12(18-2)6-10(11)4-5-15(9)8-14(16)17/h6-7,9H,4-5,8H2,1-3H3,(H,16,17)/t9-/m0/s1. The Balaban J connectivity index is 2.34. The molecule has 0 radical (unpaired) electrons. The number of fused-ring (bicyclic) bond motifs is 1. The quantitative estimate of drug-likeness (QED) is 0.898. The van der Waals surface area contributed by atoms with Crippen LogP contribution < -0.4 is 9.47 Å². The van der Waals surface area contributed by atoms with Crippen molar-refractivity contribution in [3.8, 4) is 11.5 Å². The average Bonchev–Trinajstić information content (AvgIpc) is 2.40. The van der Waals surface area contributed by atoms with Gasteiger partial charge in [-0.05, 0) is 36.6 Å². The molecule has 2 rings (SSSR count). The summed E-state index contributed by atoms with van der Waals surface area (Å²) in [4.78, 5) is 12.8. The maximum Gasteiger partial charge on any atom is 0.317 e.